The predicted molar refractivity (Wildman–Crippen MR) is 101 cm³/mol. The molecule has 1 aromatic rings. The van der Waals surface area contributed by atoms with Gasteiger partial charge in [0.2, 0.25) is 5.91 Å². The molecule has 3 amide bonds. The Morgan fingerprint density at radius 3 is 2.43 bits per heavy atom. The van der Waals surface area contributed by atoms with Crippen molar-refractivity contribution in [3.63, 3.8) is 0 Å². The van der Waals surface area contributed by atoms with Gasteiger partial charge in [-0.15, -0.1) is 0 Å². The predicted octanol–water partition coefficient (Wildman–Crippen LogP) is -0.528. The molecule has 1 rings (SSSR count). The molecule has 0 bridgehead atoms. The van der Waals surface area contributed by atoms with Gasteiger partial charge in [0.15, 0.2) is 5.82 Å². The molecule has 0 atom stereocenters. The first-order valence-corrected chi connectivity index (χ1v) is 8.69. The molecular weight excluding hydrogens is 643 g/mol. The number of carbonyl (C=O) groups is 3. The molecule has 0 radical (unpaired) electrons. The zero-order valence-corrected chi connectivity index (χ0v) is 19.1. The fourth-order valence-electron chi connectivity index (χ4n) is 2.17. The summed E-state index contributed by atoms with van der Waals surface area (Å²) in [4.78, 5) is 59.5. The van der Waals surface area contributed by atoms with Gasteiger partial charge in [-0.25, -0.2) is 9.89 Å². The average Bonchev–Trinajstić information content (AvgIpc) is 2.60. The molecule has 0 aromatic carbocycles. The van der Waals surface area contributed by atoms with Crippen molar-refractivity contribution in [1.82, 2.24) is 20.4 Å². The van der Waals surface area contributed by atoms with Gasteiger partial charge in [0.25, 0.3) is 5.56 Å². The molecule has 0 unspecified atom stereocenters. The summed E-state index contributed by atoms with van der Waals surface area (Å²) in [6, 6.07) is 2.46. The number of anilines is 1. The quantitative estimate of drug-likeness (QED) is 0.171. The third-order valence-electron chi connectivity index (χ3n) is 3.36. The van der Waals surface area contributed by atoms with E-state index in [1.54, 1.807) is 20.8 Å². The Morgan fingerprint density at radius 1 is 1.27 bits per heavy atom. The van der Waals surface area contributed by atoms with Crippen LogP contribution in [0.2, 0.25) is 0 Å². The summed E-state index contributed by atoms with van der Waals surface area (Å²) in [5.41, 5.74) is -1.28. The number of carboxylic acids is 1. The van der Waals surface area contributed by atoms with E-state index in [-0.39, 0.29) is 31.9 Å². The number of hydrogen-bond acceptors (Lipinski definition) is 7. The van der Waals surface area contributed by atoms with E-state index < -0.39 is 35.7 Å². The number of H-pyrrole nitrogens is 1. The minimum absolute atomic E-state index is 0. The molecule has 0 spiro atoms. The van der Waals surface area contributed by atoms with Crippen LogP contribution in [0, 0.1) is 0 Å². The van der Waals surface area contributed by atoms with Crippen LogP contribution in [0.1, 0.15) is 27.2 Å². The van der Waals surface area contributed by atoms with Crippen LogP contribution in [0.4, 0.5) is 10.6 Å². The first-order chi connectivity index (χ1) is 13.5. The molecular formula is C17H24FmN5O7-. The number of rotatable bonds is 10. The molecule has 12 nitrogen and oxygen atoms in total. The van der Waals surface area contributed by atoms with Gasteiger partial charge in [-0.2, -0.15) is 11.5 Å². The van der Waals surface area contributed by atoms with Crippen LogP contribution in [0.5, 0.6) is 0 Å². The molecule has 172 valence electrons. The Balaban J connectivity index is 0.00000841. The number of ether oxygens (including phenoxy) is 1. The van der Waals surface area contributed by atoms with Crippen molar-refractivity contribution < 1.29 is 29.0 Å². The third-order valence-corrected chi connectivity index (χ3v) is 3.36. The van der Waals surface area contributed by atoms with Crippen molar-refractivity contribution >= 4 is 30.2 Å². The maximum absolute atomic E-state index is 12.5. The van der Waals surface area contributed by atoms with Gasteiger partial charge in [-0.05, 0) is 26.8 Å². The fraction of sp³-hybridized carbons (Fsp3) is 0.529. The van der Waals surface area contributed by atoms with Crippen LogP contribution in [0.3, 0.4) is 0 Å². The summed E-state index contributed by atoms with van der Waals surface area (Å²) in [7, 11) is 0. The second-order valence-electron chi connectivity index (χ2n) is 6.90. The van der Waals surface area contributed by atoms with Crippen LogP contribution in [0.15, 0.2) is 16.9 Å². The molecule has 1 heterocycles. The van der Waals surface area contributed by atoms with Crippen molar-refractivity contribution in [1.29, 1.82) is 0 Å². The Morgan fingerprint density at radius 2 is 1.93 bits per heavy atom. The minimum Gasteiger partial charge on any atom is -0.528 e. The Labute approximate surface area is 166 Å². The van der Waals surface area contributed by atoms with Gasteiger partial charge in [-0.1, -0.05) is 0 Å². The summed E-state index contributed by atoms with van der Waals surface area (Å²) >= 11 is 0. The molecule has 0 saturated heterocycles. The average molecular weight is 667 g/mol. The summed E-state index contributed by atoms with van der Waals surface area (Å²) in [5, 5.41) is 17.2. The Hall–Kier alpha value is -4.44. The van der Waals surface area contributed by atoms with Crippen LogP contribution in [-0.2, 0) is 19.1 Å². The maximum atomic E-state index is 12.5. The standard InChI is InChI=1S/C17H24N5O7.Fm/c1-17(2,3)29-16(28)22(12-4-5-13(24)20-19-12)8-6-14(25)21(10-15(26)27)9-7-18-11-23;/h4-5H,6-10H2,1-3H3,(H,18,23)(H,20,24)(H,26,27);/q-1;. The zero-order chi connectivity index (χ0) is 22.0. The monoisotopic (exact) mass is 667 g/mol. The molecule has 0 fully saturated rings. The molecule has 3 N–H and O–H groups in total. The number of amides is 3. The summed E-state index contributed by atoms with van der Waals surface area (Å²) < 4.78 is 5.30. The summed E-state index contributed by atoms with van der Waals surface area (Å²) in [6.45, 7) is 4.25. The summed E-state index contributed by atoms with van der Waals surface area (Å²) in [6.07, 6.45) is 0.413. The molecule has 0 saturated carbocycles. The Bertz CT molecular complexity index is 773. The molecule has 0 aliphatic rings. The first kappa shape index (κ1) is 25.6. The van der Waals surface area contributed by atoms with Gasteiger partial charge >= 0.3 is 12.1 Å². The second-order valence-corrected chi connectivity index (χ2v) is 6.90. The number of aromatic nitrogens is 2. The van der Waals surface area contributed by atoms with Gasteiger partial charge in [0.05, 0.1) is 0 Å². The van der Waals surface area contributed by atoms with Crippen molar-refractivity contribution in [3.8, 4) is 0 Å². The van der Waals surface area contributed by atoms with E-state index >= 15 is 0 Å². The largest absolute Gasteiger partial charge is 0.528 e. The normalized spacial score (nSPS) is 10.4. The summed E-state index contributed by atoms with van der Waals surface area (Å²) in [5.74, 6) is -1.72. The van der Waals surface area contributed by atoms with E-state index in [9.17, 15) is 24.0 Å². The molecule has 0 aliphatic heterocycles. The van der Waals surface area contributed by atoms with Crippen molar-refractivity contribution in [2.24, 2.45) is 0 Å². The maximum Gasteiger partial charge on any atom is 0.416 e. The van der Waals surface area contributed by atoms with Crippen LogP contribution in [0.25, 0.3) is 0 Å². The van der Waals surface area contributed by atoms with Crippen LogP contribution >= 0.6 is 0 Å². The topological polar surface area (TPSA) is 162 Å². The molecule has 30 heavy (non-hydrogen) atoms. The van der Waals surface area contributed by atoms with Gasteiger partial charge in [-0.3, -0.25) is 19.3 Å². The van der Waals surface area contributed by atoms with E-state index in [2.05, 4.69) is 15.5 Å². The van der Waals surface area contributed by atoms with Gasteiger partial charge in [0.1, 0.15) is 12.1 Å². The van der Waals surface area contributed by atoms with Crippen LogP contribution < -0.4 is 15.8 Å². The third kappa shape index (κ3) is 8.97. The SMILES string of the molecule is CC(C)(C)OC(=O)N(CCC(=O)N(CCN[C-]=O)CC(=O)O)c1ccc(=O)[nH]n1.[Fm]. The number of nitrogens with zero attached hydrogens (tertiary/aromatic N) is 3. The minimum atomic E-state index is -1.22. The van der Waals surface area contributed by atoms with E-state index in [4.69, 9.17) is 9.84 Å². The molecule has 13 heteroatoms. The number of hydrogen-bond donors (Lipinski definition) is 3. The Kier molecular flexibility index (Phi) is 9.72. The van der Waals surface area contributed by atoms with Crippen molar-refractivity contribution in [3.05, 3.63) is 22.5 Å². The van der Waals surface area contributed by atoms with Crippen molar-refractivity contribution in [2.45, 2.75) is 32.8 Å². The van der Waals surface area contributed by atoms with Gasteiger partial charge < -0.3 is 24.9 Å². The first-order valence-electron chi connectivity index (χ1n) is 8.69. The van der Waals surface area contributed by atoms with E-state index in [1.165, 1.54) is 18.5 Å². The van der Waals surface area contributed by atoms with E-state index in [0.29, 0.717) is 0 Å². The van der Waals surface area contributed by atoms with E-state index in [0.717, 1.165) is 9.80 Å². The number of aromatic amines is 1. The second kappa shape index (κ2) is 11.4. The number of aliphatic carboxylic acids is 1. The van der Waals surface area contributed by atoms with Crippen LogP contribution in [-0.4, -0.2) is 76.4 Å². The van der Waals surface area contributed by atoms with Gasteiger partial charge in [0, 0.05) is 32.1 Å². The number of nitrogens with one attached hydrogen (secondary N) is 2. The smallest absolute Gasteiger partial charge is 0.416 e. The molecule has 1 aromatic heterocycles. The zero-order valence-electron chi connectivity index (χ0n) is 16.7. The molecule has 0 aliphatic carbocycles. The van der Waals surface area contributed by atoms with E-state index in [1.807, 2.05) is 0 Å². The van der Waals surface area contributed by atoms with Crippen molar-refractivity contribution in [2.75, 3.05) is 31.1 Å². The fourth-order valence-corrected chi connectivity index (χ4v) is 2.17. The number of carboxylic acid groups (broad SMARTS) is 1. The number of carbonyl (C=O) groups excluding carboxylic acids is 3.